The summed E-state index contributed by atoms with van der Waals surface area (Å²) in [6, 6.07) is 5.48. The molecule has 1 aliphatic rings. The molecule has 1 aromatic heterocycles. The number of benzene rings is 1. The average Bonchev–Trinajstić information content (AvgIpc) is 2.63. The van der Waals surface area contributed by atoms with Gasteiger partial charge < -0.3 is 24.4 Å². The summed E-state index contributed by atoms with van der Waals surface area (Å²) in [5.74, 6) is 2.55. The molecule has 1 N–H and O–H groups in total. The fourth-order valence-electron chi connectivity index (χ4n) is 2.31. The highest BCUT2D eigenvalue weighted by atomic mass is 16.5. The number of nitrogens with zero attached hydrogens (tertiary/aromatic N) is 4. The van der Waals surface area contributed by atoms with Crippen molar-refractivity contribution in [2.45, 2.75) is 0 Å². The molecule has 3 rings (SSSR count). The summed E-state index contributed by atoms with van der Waals surface area (Å²) in [5.41, 5.74) is 0.745. The van der Waals surface area contributed by atoms with Crippen LogP contribution in [0.25, 0.3) is 0 Å². The summed E-state index contributed by atoms with van der Waals surface area (Å²) in [7, 11) is 3.21. The van der Waals surface area contributed by atoms with Crippen LogP contribution in [0.3, 0.4) is 0 Å². The second-order valence-electron chi connectivity index (χ2n) is 4.93. The maximum absolute atomic E-state index is 5.36. The van der Waals surface area contributed by atoms with E-state index in [9.17, 15) is 0 Å². The van der Waals surface area contributed by atoms with Crippen LogP contribution in [0, 0.1) is 0 Å². The SMILES string of the molecule is COc1ccc(Nc2nncc(N3CCOCC3)n2)c(OC)c1. The van der Waals surface area contributed by atoms with Gasteiger partial charge in [-0.05, 0) is 12.1 Å². The Morgan fingerprint density at radius 1 is 1.17 bits per heavy atom. The van der Waals surface area contributed by atoms with E-state index in [0.717, 1.165) is 24.6 Å². The summed E-state index contributed by atoms with van der Waals surface area (Å²) in [4.78, 5) is 6.63. The van der Waals surface area contributed by atoms with Crippen molar-refractivity contribution in [2.24, 2.45) is 0 Å². The molecule has 8 heteroatoms. The van der Waals surface area contributed by atoms with E-state index in [-0.39, 0.29) is 0 Å². The lowest BCUT2D eigenvalue weighted by Crippen LogP contribution is -2.37. The third-order valence-electron chi connectivity index (χ3n) is 3.54. The molecule has 0 bridgehead atoms. The minimum Gasteiger partial charge on any atom is -0.497 e. The predicted molar refractivity (Wildman–Crippen MR) is 85.7 cm³/mol. The van der Waals surface area contributed by atoms with Crippen molar-refractivity contribution < 1.29 is 14.2 Å². The molecule has 1 aliphatic heterocycles. The van der Waals surface area contributed by atoms with Gasteiger partial charge in [-0.1, -0.05) is 0 Å². The third-order valence-corrected chi connectivity index (χ3v) is 3.54. The molecule has 0 aliphatic carbocycles. The van der Waals surface area contributed by atoms with E-state index in [4.69, 9.17) is 14.2 Å². The first-order valence-corrected chi connectivity index (χ1v) is 7.31. The topological polar surface area (TPSA) is 81.6 Å². The van der Waals surface area contributed by atoms with E-state index in [2.05, 4.69) is 25.4 Å². The number of hydrogen-bond donors (Lipinski definition) is 1. The Kier molecular flexibility index (Phi) is 4.72. The second-order valence-corrected chi connectivity index (χ2v) is 4.93. The first-order chi connectivity index (χ1) is 11.3. The highest BCUT2D eigenvalue weighted by Crippen LogP contribution is 2.30. The van der Waals surface area contributed by atoms with Gasteiger partial charge in [0.15, 0.2) is 5.82 Å². The number of anilines is 3. The summed E-state index contributed by atoms with van der Waals surface area (Å²) >= 11 is 0. The van der Waals surface area contributed by atoms with Crippen molar-refractivity contribution in [3.63, 3.8) is 0 Å². The van der Waals surface area contributed by atoms with Gasteiger partial charge in [0.2, 0.25) is 5.95 Å². The monoisotopic (exact) mass is 317 g/mol. The number of nitrogens with one attached hydrogen (secondary N) is 1. The maximum Gasteiger partial charge on any atom is 0.249 e. The van der Waals surface area contributed by atoms with Gasteiger partial charge in [0.05, 0.1) is 39.3 Å². The molecule has 0 radical (unpaired) electrons. The van der Waals surface area contributed by atoms with E-state index in [1.54, 1.807) is 26.5 Å². The molecule has 2 heterocycles. The highest BCUT2D eigenvalue weighted by molar-refractivity contribution is 5.64. The fraction of sp³-hybridized carbons (Fsp3) is 0.400. The number of ether oxygens (including phenoxy) is 3. The zero-order valence-electron chi connectivity index (χ0n) is 13.2. The van der Waals surface area contributed by atoms with Gasteiger partial charge in [0, 0.05) is 19.2 Å². The van der Waals surface area contributed by atoms with Crippen molar-refractivity contribution in [2.75, 3.05) is 50.7 Å². The van der Waals surface area contributed by atoms with Gasteiger partial charge in [0.25, 0.3) is 0 Å². The predicted octanol–water partition coefficient (Wildman–Crippen LogP) is 1.47. The van der Waals surface area contributed by atoms with Crippen LogP contribution >= 0.6 is 0 Å². The van der Waals surface area contributed by atoms with Gasteiger partial charge in [0.1, 0.15) is 11.5 Å². The Balaban J connectivity index is 1.80. The lowest BCUT2D eigenvalue weighted by atomic mass is 10.2. The highest BCUT2D eigenvalue weighted by Gasteiger charge is 2.14. The van der Waals surface area contributed by atoms with Crippen molar-refractivity contribution in [1.29, 1.82) is 0 Å². The molecule has 0 atom stereocenters. The minimum absolute atomic E-state index is 0.414. The van der Waals surface area contributed by atoms with Crippen LogP contribution in [-0.2, 0) is 4.74 Å². The molecule has 1 fully saturated rings. The number of morpholine rings is 1. The van der Waals surface area contributed by atoms with Crippen molar-refractivity contribution in [3.8, 4) is 11.5 Å². The minimum atomic E-state index is 0.414. The molecule has 1 aromatic carbocycles. The van der Waals surface area contributed by atoms with Gasteiger partial charge in [-0.25, -0.2) is 0 Å². The van der Waals surface area contributed by atoms with Gasteiger partial charge >= 0.3 is 0 Å². The Morgan fingerprint density at radius 2 is 2.00 bits per heavy atom. The van der Waals surface area contributed by atoms with Crippen LogP contribution in [0.1, 0.15) is 0 Å². The number of rotatable bonds is 5. The van der Waals surface area contributed by atoms with Crippen molar-refractivity contribution in [1.82, 2.24) is 15.2 Å². The molecule has 0 amide bonds. The Labute approximate surface area is 134 Å². The van der Waals surface area contributed by atoms with Gasteiger partial charge in [-0.3, -0.25) is 0 Å². The molecule has 8 nitrogen and oxygen atoms in total. The van der Waals surface area contributed by atoms with Crippen LogP contribution < -0.4 is 19.7 Å². The lowest BCUT2D eigenvalue weighted by molar-refractivity contribution is 0.122. The first-order valence-electron chi connectivity index (χ1n) is 7.31. The van der Waals surface area contributed by atoms with Crippen LogP contribution in [0.2, 0.25) is 0 Å². The molecular formula is C15H19N5O3. The van der Waals surface area contributed by atoms with Crippen LogP contribution in [0.4, 0.5) is 17.5 Å². The summed E-state index contributed by atoms with van der Waals surface area (Å²) in [6.45, 7) is 2.98. The molecule has 0 spiro atoms. The first kappa shape index (κ1) is 15.3. The van der Waals surface area contributed by atoms with E-state index < -0.39 is 0 Å². The zero-order valence-corrected chi connectivity index (χ0v) is 13.2. The summed E-state index contributed by atoms with van der Waals surface area (Å²) in [5, 5.41) is 11.2. The molecule has 1 saturated heterocycles. The average molecular weight is 317 g/mol. The largest absolute Gasteiger partial charge is 0.497 e. The maximum atomic E-state index is 5.36. The number of hydrogen-bond acceptors (Lipinski definition) is 8. The van der Waals surface area contributed by atoms with Crippen LogP contribution in [-0.4, -0.2) is 55.7 Å². The smallest absolute Gasteiger partial charge is 0.249 e. The standard InChI is InChI=1S/C15H19N5O3/c1-21-11-3-4-12(13(9-11)22-2)17-15-18-14(10-16-19-15)20-5-7-23-8-6-20/h3-4,9-10H,5-8H2,1-2H3,(H,17,18,19). The normalized spacial score (nSPS) is 14.4. The molecular weight excluding hydrogens is 298 g/mol. The third kappa shape index (κ3) is 3.59. The Morgan fingerprint density at radius 3 is 2.74 bits per heavy atom. The molecule has 2 aromatic rings. The molecule has 23 heavy (non-hydrogen) atoms. The zero-order chi connectivity index (χ0) is 16.1. The van der Waals surface area contributed by atoms with E-state index in [1.165, 1.54) is 0 Å². The van der Waals surface area contributed by atoms with Crippen molar-refractivity contribution in [3.05, 3.63) is 24.4 Å². The van der Waals surface area contributed by atoms with Crippen LogP contribution in [0.15, 0.2) is 24.4 Å². The van der Waals surface area contributed by atoms with Crippen molar-refractivity contribution >= 4 is 17.5 Å². The van der Waals surface area contributed by atoms with Gasteiger partial charge in [-0.15, -0.1) is 5.10 Å². The Hall–Kier alpha value is -2.61. The molecule has 0 unspecified atom stereocenters. The summed E-state index contributed by atoms with van der Waals surface area (Å²) in [6.07, 6.45) is 1.65. The lowest BCUT2D eigenvalue weighted by Gasteiger charge is -2.27. The van der Waals surface area contributed by atoms with E-state index in [0.29, 0.717) is 30.7 Å². The summed E-state index contributed by atoms with van der Waals surface area (Å²) < 4.78 is 15.9. The van der Waals surface area contributed by atoms with E-state index in [1.807, 2.05) is 12.1 Å². The quantitative estimate of drug-likeness (QED) is 0.888. The fourth-order valence-corrected chi connectivity index (χ4v) is 2.31. The van der Waals surface area contributed by atoms with Crippen LogP contribution in [0.5, 0.6) is 11.5 Å². The second kappa shape index (κ2) is 7.10. The van der Waals surface area contributed by atoms with Gasteiger partial charge in [-0.2, -0.15) is 10.1 Å². The van der Waals surface area contributed by atoms with E-state index >= 15 is 0 Å². The number of methoxy groups -OCH3 is 2. The molecule has 122 valence electrons. The number of aromatic nitrogens is 3. The molecule has 0 saturated carbocycles. The Bertz CT molecular complexity index is 661.